The number of nitrogens with zero attached hydrogens (tertiary/aromatic N) is 1. The maximum absolute atomic E-state index is 12.5. The Kier molecular flexibility index (Phi) is 6.39. The largest absolute Gasteiger partial charge is 0.490 e. The van der Waals surface area contributed by atoms with E-state index in [2.05, 4.69) is 5.32 Å². The normalized spacial score (nSPS) is 19.4. The van der Waals surface area contributed by atoms with Gasteiger partial charge in [-0.05, 0) is 30.0 Å². The lowest BCUT2D eigenvalue weighted by atomic mass is 10.0. The zero-order chi connectivity index (χ0) is 21.1. The second-order valence-corrected chi connectivity index (χ2v) is 6.20. The number of imide groups is 1. The molecule has 1 aromatic carbocycles. The van der Waals surface area contributed by atoms with E-state index in [1.54, 1.807) is 17.0 Å². The molecule has 0 spiro atoms. The molecule has 2 aliphatic rings. The average Bonchev–Trinajstić information content (AvgIpc) is 2.84. The summed E-state index contributed by atoms with van der Waals surface area (Å²) in [6.07, 6.45) is -3.65. The third kappa shape index (κ3) is 4.66. The standard InChI is InChI=1S/C15H17N3O3.C2HF3O2/c16-7-9-3-1-4-10-11(9)8-18(15(10)21)12-5-2-6-13(19)17-14(12)20;3-2(4,5)1(6)7/h1,3-4,12H,2,5-8,16H2,(H,17,19,20);(H,6,7)/t12-;/m0./s1. The summed E-state index contributed by atoms with van der Waals surface area (Å²) in [5, 5.41) is 9.47. The van der Waals surface area contributed by atoms with Gasteiger partial charge in [0.1, 0.15) is 6.04 Å². The lowest BCUT2D eigenvalue weighted by Crippen LogP contribution is -2.46. The van der Waals surface area contributed by atoms with Crippen LogP contribution < -0.4 is 11.1 Å². The predicted molar refractivity (Wildman–Crippen MR) is 88.7 cm³/mol. The molecular formula is C17H18F3N3O5. The SMILES string of the molecule is NCc1cccc2c1CN([C@H]1CCCC(=O)NC1=O)C2=O.O=C(O)C(F)(F)F. The zero-order valence-corrected chi connectivity index (χ0v) is 14.6. The molecular weight excluding hydrogens is 383 g/mol. The van der Waals surface area contributed by atoms with E-state index in [1.807, 2.05) is 6.07 Å². The fourth-order valence-electron chi connectivity index (χ4n) is 3.03. The van der Waals surface area contributed by atoms with Gasteiger partial charge in [0, 0.05) is 25.1 Å². The third-order valence-electron chi connectivity index (χ3n) is 4.38. The highest BCUT2D eigenvalue weighted by molar-refractivity contribution is 6.04. The van der Waals surface area contributed by atoms with Gasteiger partial charge in [0.05, 0.1) is 0 Å². The molecule has 0 radical (unpaired) electrons. The number of benzene rings is 1. The Labute approximate surface area is 157 Å². The topological polar surface area (TPSA) is 130 Å². The molecule has 1 fully saturated rings. The van der Waals surface area contributed by atoms with Crippen LogP contribution in [0, 0.1) is 0 Å². The number of carboxylic acid groups (broad SMARTS) is 1. The summed E-state index contributed by atoms with van der Waals surface area (Å²) in [4.78, 5) is 46.5. The highest BCUT2D eigenvalue weighted by Gasteiger charge is 2.39. The Morgan fingerprint density at radius 2 is 1.93 bits per heavy atom. The molecule has 0 aromatic heterocycles. The summed E-state index contributed by atoms with van der Waals surface area (Å²) in [7, 11) is 0. The van der Waals surface area contributed by atoms with E-state index in [1.165, 1.54) is 0 Å². The maximum atomic E-state index is 12.5. The molecule has 2 aliphatic heterocycles. The van der Waals surface area contributed by atoms with Crippen LogP contribution in [0.3, 0.4) is 0 Å². The number of amides is 3. The van der Waals surface area contributed by atoms with Crippen molar-refractivity contribution in [2.75, 3.05) is 0 Å². The van der Waals surface area contributed by atoms with E-state index in [-0.39, 0.29) is 17.7 Å². The minimum absolute atomic E-state index is 0.158. The number of hydrogen-bond donors (Lipinski definition) is 3. The highest BCUT2D eigenvalue weighted by atomic mass is 19.4. The van der Waals surface area contributed by atoms with Gasteiger partial charge in [-0.1, -0.05) is 12.1 Å². The zero-order valence-electron chi connectivity index (χ0n) is 14.6. The first-order valence-electron chi connectivity index (χ1n) is 8.31. The maximum Gasteiger partial charge on any atom is 0.490 e. The second kappa shape index (κ2) is 8.38. The van der Waals surface area contributed by atoms with Gasteiger partial charge in [-0.3, -0.25) is 19.7 Å². The van der Waals surface area contributed by atoms with Crippen LogP contribution >= 0.6 is 0 Å². The average molecular weight is 401 g/mol. The molecule has 2 heterocycles. The lowest BCUT2D eigenvalue weighted by molar-refractivity contribution is -0.192. The first-order valence-corrected chi connectivity index (χ1v) is 8.31. The summed E-state index contributed by atoms with van der Waals surface area (Å²) in [5.41, 5.74) is 8.14. The highest BCUT2D eigenvalue weighted by Crippen LogP contribution is 2.29. The Balaban J connectivity index is 0.000000345. The number of alkyl halides is 3. The smallest absolute Gasteiger partial charge is 0.475 e. The number of fused-ring (bicyclic) bond motifs is 1. The van der Waals surface area contributed by atoms with Crippen molar-refractivity contribution in [2.24, 2.45) is 5.73 Å². The van der Waals surface area contributed by atoms with Gasteiger partial charge in [0.15, 0.2) is 0 Å². The van der Waals surface area contributed by atoms with E-state index < -0.39 is 18.2 Å². The van der Waals surface area contributed by atoms with Gasteiger partial charge >= 0.3 is 12.1 Å². The monoisotopic (exact) mass is 401 g/mol. The van der Waals surface area contributed by atoms with Crippen LogP contribution in [0.4, 0.5) is 13.2 Å². The molecule has 4 N–H and O–H groups in total. The third-order valence-corrected chi connectivity index (χ3v) is 4.38. The molecule has 152 valence electrons. The van der Waals surface area contributed by atoms with E-state index in [9.17, 15) is 27.6 Å². The summed E-state index contributed by atoms with van der Waals surface area (Å²) < 4.78 is 31.7. The van der Waals surface area contributed by atoms with Crippen LogP contribution in [0.15, 0.2) is 18.2 Å². The van der Waals surface area contributed by atoms with Crippen LogP contribution in [0.2, 0.25) is 0 Å². The molecule has 0 saturated carbocycles. The Morgan fingerprint density at radius 3 is 2.50 bits per heavy atom. The number of carbonyl (C=O) groups is 4. The molecule has 1 aromatic rings. The number of carboxylic acids is 1. The Bertz CT molecular complexity index is 810. The fraction of sp³-hybridized carbons (Fsp3) is 0.412. The molecule has 8 nitrogen and oxygen atoms in total. The Morgan fingerprint density at radius 1 is 1.29 bits per heavy atom. The van der Waals surface area contributed by atoms with Crippen molar-refractivity contribution in [1.29, 1.82) is 0 Å². The van der Waals surface area contributed by atoms with Crippen molar-refractivity contribution in [3.8, 4) is 0 Å². The predicted octanol–water partition coefficient (Wildman–Crippen LogP) is 0.930. The van der Waals surface area contributed by atoms with Crippen molar-refractivity contribution in [3.63, 3.8) is 0 Å². The van der Waals surface area contributed by atoms with Gasteiger partial charge in [-0.2, -0.15) is 13.2 Å². The molecule has 1 atom stereocenters. The van der Waals surface area contributed by atoms with Gasteiger partial charge in [0.25, 0.3) is 5.91 Å². The molecule has 11 heteroatoms. The van der Waals surface area contributed by atoms with Crippen LogP contribution in [0.1, 0.15) is 40.7 Å². The van der Waals surface area contributed by atoms with E-state index >= 15 is 0 Å². The van der Waals surface area contributed by atoms with Gasteiger partial charge < -0.3 is 15.7 Å². The Hall–Kier alpha value is -2.95. The van der Waals surface area contributed by atoms with E-state index in [0.717, 1.165) is 11.1 Å². The minimum Gasteiger partial charge on any atom is -0.475 e. The van der Waals surface area contributed by atoms with Crippen molar-refractivity contribution in [3.05, 3.63) is 34.9 Å². The number of carbonyl (C=O) groups excluding carboxylic acids is 3. The fourth-order valence-corrected chi connectivity index (χ4v) is 3.03. The van der Waals surface area contributed by atoms with E-state index in [4.69, 9.17) is 15.6 Å². The molecule has 0 aliphatic carbocycles. The molecule has 3 amide bonds. The molecule has 0 unspecified atom stereocenters. The number of nitrogens with two attached hydrogens (primary N) is 1. The number of nitrogens with one attached hydrogen (secondary N) is 1. The quantitative estimate of drug-likeness (QED) is 0.632. The first-order chi connectivity index (χ1) is 13.1. The molecule has 3 rings (SSSR count). The number of halogens is 3. The van der Waals surface area contributed by atoms with E-state index in [0.29, 0.717) is 37.9 Å². The van der Waals surface area contributed by atoms with Crippen LogP contribution in [-0.2, 0) is 27.5 Å². The van der Waals surface area contributed by atoms with Crippen molar-refractivity contribution < 1.29 is 37.5 Å². The minimum atomic E-state index is -5.08. The molecule has 28 heavy (non-hydrogen) atoms. The number of aliphatic carboxylic acids is 1. The number of hydrogen-bond acceptors (Lipinski definition) is 5. The van der Waals surface area contributed by atoms with Crippen molar-refractivity contribution in [1.82, 2.24) is 10.2 Å². The van der Waals surface area contributed by atoms with Crippen molar-refractivity contribution >= 4 is 23.7 Å². The second-order valence-electron chi connectivity index (χ2n) is 6.20. The molecule has 0 bridgehead atoms. The van der Waals surface area contributed by atoms with Crippen LogP contribution in [-0.4, -0.2) is 45.9 Å². The van der Waals surface area contributed by atoms with Crippen LogP contribution in [0.5, 0.6) is 0 Å². The number of rotatable bonds is 2. The van der Waals surface area contributed by atoms with Gasteiger partial charge in [-0.25, -0.2) is 4.79 Å². The van der Waals surface area contributed by atoms with Gasteiger partial charge in [-0.15, -0.1) is 0 Å². The summed E-state index contributed by atoms with van der Waals surface area (Å²) in [6, 6.07) is 4.88. The van der Waals surface area contributed by atoms with Gasteiger partial charge in [0.2, 0.25) is 11.8 Å². The lowest BCUT2D eigenvalue weighted by Gasteiger charge is -2.24. The summed E-state index contributed by atoms with van der Waals surface area (Å²) >= 11 is 0. The summed E-state index contributed by atoms with van der Waals surface area (Å²) in [6.45, 7) is 0.744. The van der Waals surface area contributed by atoms with Crippen LogP contribution in [0.25, 0.3) is 0 Å². The molecule has 1 saturated heterocycles. The summed E-state index contributed by atoms with van der Waals surface area (Å²) in [5.74, 6) is -3.57. The van der Waals surface area contributed by atoms with Crippen molar-refractivity contribution in [2.45, 2.75) is 44.6 Å². The first kappa shape index (κ1) is 21.4.